The molecule has 0 fully saturated rings. The van der Waals surface area contributed by atoms with Gasteiger partial charge in [-0.3, -0.25) is 0 Å². The number of para-hydroxylation sites is 1. The van der Waals surface area contributed by atoms with Gasteiger partial charge in [0, 0.05) is 36.5 Å². The third-order valence-electron chi connectivity index (χ3n) is 5.70. The zero-order valence-corrected chi connectivity index (χ0v) is 16.0. The molecule has 0 saturated heterocycles. The van der Waals surface area contributed by atoms with Gasteiger partial charge in [0.1, 0.15) is 0 Å². The zero-order chi connectivity index (χ0) is 18.0. The van der Waals surface area contributed by atoms with Gasteiger partial charge >= 0.3 is 0 Å². The van der Waals surface area contributed by atoms with Gasteiger partial charge in [0.2, 0.25) is 0 Å². The second-order valence-corrected chi connectivity index (χ2v) is 8.57. The first-order chi connectivity index (χ1) is 13.3. The molecule has 6 rings (SSSR count). The Morgan fingerprint density at radius 3 is 2.56 bits per heavy atom. The minimum atomic E-state index is 0.569. The summed E-state index contributed by atoms with van der Waals surface area (Å²) in [4.78, 5) is 0. The van der Waals surface area contributed by atoms with Crippen molar-refractivity contribution in [2.24, 2.45) is 5.92 Å². The molecule has 1 atom stereocenters. The molecular formula is C25H19NS. The number of nitrogens with zero attached hydrogens (tertiary/aromatic N) is 1. The summed E-state index contributed by atoms with van der Waals surface area (Å²) in [6.07, 6.45) is 6.01. The SMILES string of the molecule is CC1C=c2c(c3c4c(ccc3n2-c2ccccc2)sc2ccccc24)=CC1. The minimum Gasteiger partial charge on any atom is -0.310 e. The Balaban J connectivity index is 1.91. The molecule has 2 heterocycles. The Morgan fingerprint density at radius 2 is 1.67 bits per heavy atom. The summed E-state index contributed by atoms with van der Waals surface area (Å²) < 4.78 is 5.20. The predicted molar refractivity (Wildman–Crippen MR) is 118 cm³/mol. The number of hydrogen-bond acceptors (Lipinski definition) is 1. The fourth-order valence-electron chi connectivity index (χ4n) is 4.51. The third kappa shape index (κ3) is 2.11. The van der Waals surface area contributed by atoms with Crippen LogP contribution in [0.15, 0.2) is 66.7 Å². The summed E-state index contributed by atoms with van der Waals surface area (Å²) in [6.45, 7) is 2.31. The summed E-state index contributed by atoms with van der Waals surface area (Å²) in [7, 11) is 0. The lowest BCUT2D eigenvalue weighted by atomic mass is 10.00. The first-order valence-electron chi connectivity index (χ1n) is 9.53. The molecule has 0 radical (unpaired) electrons. The van der Waals surface area contributed by atoms with E-state index >= 15 is 0 Å². The Morgan fingerprint density at radius 1 is 0.852 bits per heavy atom. The number of benzene rings is 3. The highest BCUT2D eigenvalue weighted by Crippen LogP contribution is 2.37. The van der Waals surface area contributed by atoms with E-state index in [2.05, 4.69) is 90.4 Å². The molecule has 130 valence electrons. The monoisotopic (exact) mass is 365 g/mol. The molecule has 0 bridgehead atoms. The van der Waals surface area contributed by atoms with Crippen molar-refractivity contribution in [3.63, 3.8) is 0 Å². The molecule has 27 heavy (non-hydrogen) atoms. The van der Waals surface area contributed by atoms with Crippen LogP contribution in [0.5, 0.6) is 0 Å². The van der Waals surface area contributed by atoms with E-state index in [0.29, 0.717) is 5.92 Å². The van der Waals surface area contributed by atoms with Crippen molar-refractivity contribution in [1.82, 2.24) is 4.57 Å². The molecule has 3 aromatic carbocycles. The van der Waals surface area contributed by atoms with Gasteiger partial charge in [0.15, 0.2) is 0 Å². The van der Waals surface area contributed by atoms with Crippen LogP contribution in [0.2, 0.25) is 0 Å². The van der Waals surface area contributed by atoms with E-state index in [0.717, 1.165) is 6.42 Å². The van der Waals surface area contributed by atoms with Crippen LogP contribution in [0, 0.1) is 5.92 Å². The smallest absolute Gasteiger partial charge is 0.0548 e. The normalized spacial score (nSPS) is 16.4. The molecular weight excluding hydrogens is 346 g/mol. The molecule has 1 aliphatic rings. The maximum Gasteiger partial charge on any atom is 0.0548 e. The lowest BCUT2D eigenvalue weighted by Crippen LogP contribution is -2.31. The maximum absolute atomic E-state index is 2.45. The standard InChI is InChI=1S/C25H19NS/c1-16-11-12-18-21(15-16)26(17-7-3-2-4-8-17)20-13-14-23-25(24(18)20)19-9-5-6-10-22(19)27-23/h2-10,12-16H,11H2,1H3. The molecule has 0 aliphatic heterocycles. The van der Waals surface area contributed by atoms with Crippen molar-refractivity contribution in [2.75, 3.05) is 0 Å². The number of aromatic nitrogens is 1. The Bertz CT molecular complexity index is 1450. The Labute approximate surface area is 161 Å². The second kappa shape index (κ2) is 5.58. The van der Waals surface area contributed by atoms with Crippen LogP contribution in [-0.4, -0.2) is 4.57 Å². The van der Waals surface area contributed by atoms with E-state index in [1.165, 1.54) is 47.3 Å². The fraction of sp³-hybridized carbons (Fsp3) is 0.120. The van der Waals surface area contributed by atoms with Crippen molar-refractivity contribution in [3.8, 4) is 5.69 Å². The van der Waals surface area contributed by atoms with E-state index in [4.69, 9.17) is 0 Å². The molecule has 1 unspecified atom stereocenters. The Kier molecular flexibility index (Phi) is 3.15. The Hall–Kier alpha value is -2.84. The first-order valence-corrected chi connectivity index (χ1v) is 10.3. The van der Waals surface area contributed by atoms with Gasteiger partial charge in [-0.2, -0.15) is 0 Å². The molecule has 0 N–H and O–H groups in total. The fourth-order valence-corrected chi connectivity index (χ4v) is 5.62. The van der Waals surface area contributed by atoms with E-state index in [-0.39, 0.29) is 0 Å². The second-order valence-electron chi connectivity index (χ2n) is 7.48. The summed E-state index contributed by atoms with van der Waals surface area (Å²) in [5, 5.41) is 6.95. The van der Waals surface area contributed by atoms with Crippen LogP contribution in [0.25, 0.3) is 48.9 Å². The molecule has 1 nitrogen and oxygen atoms in total. The van der Waals surface area contributed by atoms with Crippen LogP contribution < -0.4 is 10.6 Å². The summed E-state index contributed by atoms with van der Waals surface area (Å²) in [5.74, 6) is 0.569. The molecule has 2 aromatic heterocycles. The number of thiophene rings is 1. The van der Waals surface area contributed by atoms with Crippen molar-refractivity contribution in [3.05, 3.63) is 77.3 Å². The predicted octanol–water partition coefficient (Wildman–Crippen LogP) is 5.60. The summed E-state index contributed by atoms with van der Waals surface area (Å²) in [5.41, 5.74) is 2.55. The highest BCUT2D eigenvalue weighted by atomic mass is 32.1. The molecule has 5 aromatic rings. The number of fused-ring (bicyclic) bond motifs is 7. The zero-order valence-electron chi connectivity index (χ0n) is 15.1. The van der Waals surface area contributed by atoms with Crippen LogP contribution in [0.1, 0.15) is 13.3 Å². The van der Waals surface area contributed by atoms with Gasteiger partial charge in [0.05, 0.1) is 10.9 Å². The summed E-state index contributed by atoms with van der Waals surface area (Å²) in [6, 6.07) is 24.2. The average molecular weight is 366 g/mol. The van der Waals surface area contributed by atoms with Crippen molar-refractivity contribution in [1.29, 1.82) is 0 Å². The highest BCUT2D eigenvalue weighted by molar-refractivity contribution is 7.26. The van der Waals surface area contributed by atoms with Crippen molar-refractivity contribution in [2.45, 2.75) is 13.3 Å². The van der Waals surface area contributed by atoms with E-state index in [9.17, 15) is 0 Å². The van der Waals surface area contributed by atoms with Crippen molar-refractivity contribution < 1.29 is 0 Å². The van der Waals surface area contributed by atoms with Gasteiger partial charge < -0.3 is 4.57 Å². The topological polar surface area (TPSA) is 4.93 Å². The average Bonchev–Trinajstić information content (AvgIpc) is 3.23. The van der Waals surface area contributed by atoms with Crippen LogP contribution in [-0.2, 0) is 0 Å². The maximum atomic E-state index is 2.45. The van der Waals surface area contributed by atoms with E-state index in [1.807, 2.05) is 11.3 Å². The van der Waals surface area contributed by atoms with Crippen LogP contribution >= 0.6 is 11.3 Å². The third-order valence-corrected chi connectivity index (χ3v) is 6.84. The quantitative estimate of drug-likeness (QED) is 0.364. The lowest BCUT2D eigenvalue weighted by Gasteiger charge is -2.09. The van der Waals surface area contributed by atoms with Crippen LogP contribution in [0.3, 0.4) is 0 Å². The molecule has 0 saturated carbocycles. The van der Waals surface area contributed by atoms with Gasteiger partial charge in [-0.25, -0.2) is 0 Å². The van der Waals surface area contributed by atoms with E-state index in [1.54, 1.807) is 0 Å². The molecule has 1 aliphatic carbocycles. The lowest BCUT2D eigenvalue weighted by molar-refractivity contribution is 0.793. The van der Waals surface area contributed by atoms with Crippen LogP contribution in [0.4, 0.5) is 0 Å². The van der Waals surface area contributed by atoms with Gasteiger partial charge in [-0.1, -0.05) is 55.5 Å². The molecule has 0 amide bonds. The van der Waals surface area contributed by atoms with E-state index < -0.39 is 0 Å². The van der Waals surface area contributed by atoms with Gasteiger partial charge in [-0.15, -0.1) is 11.3 Å². The summed E-state index contributed by atoms with van der Waals surface area (Å²) >= 11 is 1.90. The largest absolute Gasteiger partial charge is 0.310 e. The van der Waals surface area contributed by atoms with Gasteiger partial charge in [-0.05, 0) is 42.7 Å². The highest BCUT2D eigenvalue weighted by Gasteiger charge is 2.17. The number of hydrogen-bond donors (Lipinski definition) is 0. The molecule has 2 heteroatoms. The minimum absolute atomic E-state index is 0.569. The van der Waals surface area contributed by atoms with Gasteiger partial charge in [0.25, 0.3) is 0 Å². The number of rotatable bonds is 1. The molecule has 0 spiro atoms. The van der Waals surface area contributed by atoms with Crippen molar-refractivity contribution >= 4 is 54.6 Å². The first kappa shape index (κ1) is 15.2.